The largest absolute Gasteiger partial charge is 0.508 e. The Hall–Kier alpha value is -1.77. The molecular weight excluding hydrogens is 200 g/mol. The van der Waals surface area contributed by atoms with Gasteiger partial charge in [0.2, 0.25) is 0 Å². The van der Waals surface area contributed by atoms with Gasteiger partial charge in [-0.3, -0.25) is 0 Å². The van der Waals surface area contributed by atoms with Crippen LogP contribution < -0.4 is 4.90 Å². The number of phenols is 1. The molecule has 16 heavy (non-hydrogen) atoms. The maximum absolute atomic E-state index is 9.43. The van der Waals surface area contributed by atoms with E-state index in [-0.39, 0.29) is 5.75 Å². The Labute approximate surface area is 94.3 Å². The van der Waals surface area contributed by atoms with Crippen LogP contribution in [0.4, 0.5) is 5.82 Å². The molecule has 0 amide bonds. The van der Waals surface area contributed by atoms with Gasteiger partial charge in [0.1, 0.15) is 11.6 Å². The molecule has 0 spiro atoms. The summed E-state index contributed by atoms with van der Waals surface area (Å²) in [5, 5.41) is 10.5. The molecule has 1 aromatic heterocycles. The van der Waals surface area contributed by atoms with Gasteiger partial charge in [-0.05, 0) is 37.1 Å². The number of nitrogens with zero attached hydrogens (tertiary/aromatic N) is 2. The van der Waals surface area contributed by atoms with Crippen LogP contribution in [0, 0.1) is 0 Å². The van der Waals surface area contributed by atoms with Crippen molar-refractivity contribution in [2.24, 2.45) is 0 Å². The van der Waals surface area contributed by atoms with Gasteiger partial charge in [-0.15, -0.1) is 0 Å². The maximum atomic E-state index is 9.43. The fourth-order valence-corrected chi connectivity index (χ4v) is 2.22. The van der Waals surface area contributed by atoms with E-state index >= 15 is 0 Å². The van der Waals surface area contributed by atoms with Crippen molar-refractivity contribution in [3.63, 3.8) is 0 Å². The minimum Gasteiger partial charge on any atom is -0.508 e. The lowest BCUT2D eigenvalue weighted by Gasteiger charge is -2.16. The number of aromatic nitrogens is 1. The maximum Gasteiger partial charge on any atom is 0.129 e. The lowest BCUT2D eigenvalue weighted by Crippen LogP contribution is -2.18. The zero-order chi connectivity index (χ0) is 11.0. The van der Waals surface area contributed by atoms with Gasteiger partial charge in [0, 0.05) is 24.5 Å². The van der Waals surface area contributed by atoms with Crippen LogP contribution in [0.1, 0.15) is 12.8 Å². The molecule has 1 fully saturated rings. The van der Waals surface area contributed by atoms with Crippen LogP contribution in [0.25, 0.3) is 10.9 Å². The monoisotopic (exact) mass is 214 g/mol. The van der Waals surface area contributed by atoms with Gasteiger partial charge in [0.25, 0.3) is 0 Å². The molecule has 1 aliphatic heterocycles. The fourth-order valence-electron chi connectivity index (χ4n) is 2.22. The minimum atomic E-state index is 0.276. The van der Waals surface area contributed by atoms with Crippen LogP contribution in [-0.4, -0.2) is 23.2 Å². The van der Waals surface area contributed by atoms with Crippen molar-refractivity contribution in [3.05, 3.63) is 30.3 Å². The topological polar surface area (TPSA) is 36.4 Å². The molecule has 1 saturated heterocycles. The predicted molar refractivity (Wildman–Crippen MR) is 64.9 cm³/mol. The van der Waals surface area contributed by atoms with Crippen molar-refractivity contribution in [1.82, 2.24) is 4.98 Å². The molecular formula is C13H14N2O. The van der Waals surface area contributed by atoms with Crippen LogP contribution in [0.5, 0.6) is 5.75 Å². The summed E-state index contributed by atoms with van der Waals surface area (Å²) in [6.07, 6.45) is 2.50. The molecule has 0 radical (unpaired) electrons. The summed E-state index contributed by atoms with van der Waals surface area (Å²) in [7, 11) is 0. The summed E-state index contributed by atoms with van der Waals surface area (Å²) in [6.45, 7) is 2.19. The first-order valence-corrected chi connectivity index (χ1v) is 5.68. The van der Waals surface area contributed by atoms with Gasteiger partial charge in [-0.2, -0.15) is 0 Å². The Bertz CT molecular complexity index is 518. The first kappa shape index (κ1) is 9.46. The van der Waals surface area contributed by atoms with E-state index in [1.807, 2.05) is 6.07 Å². The Morgan fingerprint density at radius 1 is 1.06 bits per heavy atom. The van der Waals surface area contributed by atoms with Crippen LogP contribution in [0.3, 0.4) is 0 Å². The lowest BCUT2D eigenvalue weighted by molar-refractivity contribution is 0.476. The van der Waals surface area contributed by atoms with Gasteiger partial charge < -0.3 is 10.0 Å². The van der Waals surface area contributed by atoms with Crippen molar-refractivity contribution in [1.29, 1.82) is 0 Å². The molecule has 2 heterocycles. The Morgan fingerprint density at radius 2 is 1.81 bits per heavy atom. The second kappa shape index (κ2) is 3.67. The number of phenolic OH excluding ortho intramolecular Hbond substituents is 1. The van der Waals surface area contributed by atoms with E-state index < -0.39 is 0 Å². The molecule has 0 bridgehead atoms. The molecule has 0 unspecified atom stereocenters. The Kier molecular flexibility index (Phi) is 2.17. The van der Waals surface area contributed by atoms with E-state index in [4.69, 9.17) is 0 Å². The highest BCUT2D eigenvalue weighted by Crippen LogP contribution is 2.23. The molecule has 3 heteroatoms. The number of anilines is 1. The molecule has 0 atom stereocenters. The number of rotatable bonds is 1. The summed E-state index contributed by atoms with van der Waals surface area (Å²) < 4.78 is 0. The number of hydrogen-bond donors (Lipinski definition) is 1. The fraction of sp³-hybridized carbons (Fsp3) is 0.308. The molecule has 1 N–H and O–H groups in total. The van der Waals surface area contributed by atoms with Crippen molar-refractivity contribution in [2.45, 2.75) is 12.8 Å². The predicted octanol–water partition coefficient (Wildman–Crippen LogP) is 2.54. The van der Waals surface area contributed by atoms with Crippen molar-refractivity contribution >= 4 is 16.7 Å². The molecule has 2 aromatic rings. The number of aromatic hydroxyl groups is 1. The quantitative estimate of drug-likeness (QED) is 0.792. The van der Waals surface area contributed by atoms with Crippen molar-refractivity contribution in [2.75, 3.05) is 18.0 Å². The zero-order valence-electron chi connectivity index (χ0n) is 9.06. The third kappa shape index (κ3) is 1.58. The molecule has 0 saturated carbocycles. The second-order valence-corrected chi connectivity index (χ2v) is 4.24. The second-order valence-electron chi connectivity index (χ2n) is 4.24. The number of pyridine rings is 1. The molecule has 1 aliphatic rings. The Balaban J connectivity index is 2.07. The van der Waals surface area contributed by atoms with E-state index in [0.29, 0.717) is 0 Å². The Morgan fingerprint density at radius 3 is 2.62 bits per heavy atom. The van der Waals surface area contributed by atoms with E-state index in [1.165, 1.54) is 12.8 Å². The summed E-state index contributed by atoms with van der Waals surface area (Å²) in [5.74, 6) is 1.30. The standard InChI is InChI=1S/C13H14N2O/c16-11-5-3-10-4-6-13(14-12(10)9-11)15-7-1-2-8-15/h3-6,9,16H,1-2,7-8H2. The summed E-state index contributed by atoms with van der Waals surface area (Å²) >= 11 is 0. The zero-order valence-corrected chi connectivity index (χ0v) is 9.06. The average Bonchev–Trinajstić information content (AvgIpc) is 2.81. The molecule has 82 valence electrons. The van der Waals surface area contributed by atoms with E-state index in [0.717, 1.165) is 29.8 Å². The van der Waals surface area contributed by atoms with Gasteiger partial charge in [0.05, 0.1) is 5.52 Å². The number of benzene rings is 1. The highest BCUT2D eigenvalue weighted by atomic mass is 16.3. The minimum absolute atomic E-state index is 0.276. The molecule has 3 rings (SSSR count). The average molecular weight is 214 g/mol. The molecule has 0 aliphatic carbocycles. The lowest BCUT2D eigenvalue weighted by atomic mass is 10.2. The summed E-state index contributed by atoms with van der Waals surface area (Å²) in [5.41, 5.74) is 0.865. The highest BCUT2D eigenvalue weighted by Gasteiger charge is 2.13. The smallest absolute Gasteiger partial charge is 0.129 e. The van der Waals surface area contributed by atoms with Gasteiger partial charge in [0.15, 0.2) is 0 Å². The number of fused-ring (bicyclic) bond motifs is 1. The SMILES string of the molecule is Oc1ccc2ccc(N3CCCC3)nc2c1. The van der Waals surface area contributed by atoms with Crippen LogP contribution in [0.15, 0.2) is 30.3 Å². The van der Waals surface area contributed by atoms with E-state index in [2.05, 4.69) is 22.0 Å². The van der Waals surface area contributed by atoms with Crippen LogP contribution in [0.2, 0.25) is 0 Å². The van der Waals surface area contributed by atoms with Gasteiger partial charge in [-0.25, -0.2) is 4.98 Å². The van der Waals surface area contributed by atoms with E-state index in [9.17, 15) is 5.11 Å². The first-order valence-electron chi connectivity index (χ1n) is 5.68. The van der Waals surface area contributed by atoms with Gasteiger partial charge in [-0.1, -0.05) is 0 Å². The van der Waals surface area contributed by atoms with Crippen molar-refractivity contribution < 1.29 is 5.11 Å². The molecule has 1 aromatic carbocycles. The normalized spacial score (nSPS) is 15.9. The van der Waals surface area contributed by atoms with Gasteiger partial charge >= 0.3 is 0 Å². The first-order chi connectivity index (χ1) is 7.83. The van der Waals surface area contributed by atoms with Crippen LogP contribution >= 0.6 is 0 Å². The van der Waals surface area contributed by atoms with Crippen molar-refractivity contribution in [3.8, 4) is 5.75 Å². The summed E-state index contributed by atoms with van der Waals surface area (Å²) in [6, 6.07) is 9.43. The molecule has 3 nitrogen and oxygen atoms in total. The summed E-state index contributed by atoms with van der Waals surface area (Å²) in [4.78, 5) is 6.88. The highest BCUT2D eigenvalue weighted by molar-refractivity contribution is 5.81. The third-order valence-corrected chi connectivity index (χ3v) is 3.09. The number of hydrogen-bond acceptors (Lipinski definition) is 3. The van der Waals surface area contributed by atoms with Crippen LogP contribution in [-0.2, 0) is 0 Å². The van der Waals surface area contributed by atoms with E-state index in [1.54, 1.807) is 12.1 Å². The third-order valence-electron chi connectivity index (χ3n) is 3.09.